The molecular weight excluding hydrogens is 243 g/mol. The van der Waals surface area contributed by atoms with Crippen molar-refractivity contribution in [3.63, 3.8) is 0 Å². The van der Waals surface area contributed by atoms with E-state index in [4.69, 9.17) is 4.74 Å². The second-order valence-electron chi connectivity index (χ2n) is 4.65. The maximum Gasteiger partial charge on any atom is 0.125 e. The highest BCUT2D eigenvalue weighted by molar-refractivity contribution is 5.44. The quantitative estimate of drug-likeness (QED) is 0.914. The van der Waals surface area contributed by atoms with Gasteiger partial charge in [-0.15, -0.1) is 0 Å². The summed E-state index contributed by atoms with van der Waals surface area (Å²) in [7, 11) is 1.57. The molecule has 0 saturated carbocycles. The fraction of sp³-hybridized carbons (Fsp3) is 0.250. The number of ether oxygens (including phenoxy) is 1. The topological polar surface area (TPSA) is 29.5 Å². The minimum absolute atomic E-state index is 0.301. The van der Waals surface area contributed by atoms with Crippen molar-refractivity contribution in [3.8, 4) is 5.75 Å². The Morgan fingerprint density at radius 3 is 2.42 bits per heavy atom. The number of aliphatic hydroxyl groups excluding tert-OH is 1. The lowest BCUT2D eigenvalue weighted by Crippen LogP contribution is -2.05. The average Bonchev–Trinajstić information content (AvgIpc) is 2.38. The Hall–Kier alpha value is -1.87. The van der Waals surface area contributed by atoms with E-state index >= 15 is 0 Å². The molecule has 0 aliphatic rings. The zero-order chi connectivity index (χ0) is 14.0. The minimum Gasteiger partial charge on any atom is -0.496 e. The van der Waals surface area contributed by atoms with Gasteiger partial charge in [0, 0.05) is 5.56 Å². The van der Waals surface area contributed by atoms with Crippen LogP contribution in [0.1, 0.15) is 28.4 Å². The van der Waals surface area contributed by atoms with Crippen LogP contribution in [0.15, 0.2) is 36.4 Å². The van der Waals surface area contributed by atoms with Crippen molar-refractivity contribution in [2.45, 2.75) is 20.0 Å². The number of rotatable bonds is 3. The molecule has 0 amide bonds. The van der Waals surface area contributed by atoms with Crippen LogP contribution in [-0.2, 0) is 0 Å². The van der Waals surface area contributed by atoms with E-state index in [0.29, 0.717) is 16.9 Å². The first-order chi connectivity index (χ1) is 9.02. The minimum atomic E-state index is -0.824. The molecular formula is C16H17FO2. The van der Waals surface area contributed by atoms with Crippen molar-refractivity contribution in [3.05, 3.63) is 64.5 Å². The van der Waals surface area contributed by atoms with Crippen LogP contribution in [0.25, 0.3) is 0 Å². The first kappa shape index (κ1) is 13.6. The summed E-state index contributed by atoms with van der Waals surface area (Å²) in [5.74, 6) is 0.325. The van der Waals surface area contributed by atoms with Crippen LogP contribution in [0, 0.1) is 19.7 Å². The normalized spacial score (nSPS) is 12.3. The number of methoxy groups -OCH3 is 1. The molecule has 0 aliphatic carbocycles. The highest BCUT2D eigenvalue weighted by Crippen LogP contribution is 2.32. The molecule has 19 heavy (non-hydrogen) atoms. The average molecular weight is 260 g/mol. The molecule has 0 aromatic heterocycles. The van der Waals surface area contributed by atoms with Gasteiger partial charge in [0.15, 0.2) is 0 Å². The first-order valence-corrected chi connectivity index (χ1v) is 6.11. The van der Waals surface area contributed by atoms with Gasteiger partial charge < -0.3 is 9.84 Å². The Kier molecular flexibility index (Phi) is 3.86. The van der Waals surface area contributed by atoms with Crippen LogP contribution < -0.4 is 4.74 Å². The molecule has 2 rings (SSSR count). The monoisotopic (exact) mass is 260 g/mol. The molecule has 1 N–H and O–H groups in total. The standard InChI is InChI=1S/C16H17FO2/c1-10-4-7-15(19-3)14(8-10)16(18)13-6-5-12(17)9-11(13)2/h4-9,16,18H,1-3H3. The Balaban J connectivity index is 2.49. The Morgan fingerprint density at radius 2 is 1.79 bits per heavy atom. The molecule has 2 nitrogen and oxygen atoms in total. The highest BCUT2D eigenvalue weighted by Gasteiger charge is 2.17. The summed E-state index contributed by atoms with van der Waals surface area (Å²) in [5, 5.41) is 10.5. The van der Waals surface area contributed by atoms with Crippen LogP contribution in [0.2, 0.25) is 0 Å². The van der Waals surface area contributed by atoms with Crippen molar-refractivity contribution < 1.29 is 14.2 Å². The van der Waals surface area contributed by atoms with Gasteiger partial charge in [-0.2, -0.15) is 0 Å². The molecule has 0 fully saturated rings. The smallest absolute Gasteiger partial charge is 0.125 e. The Bertz CT molecular complexity index is 593. The van der Waals surface area contributed by atoms with E-state index in [9.17, 15) is 9.50 Å². The van der Waals surface area contributed by atoms with Gasteiger partial charge in [0.25, 0.3) is 0 Å². The molecule has 100 valence electrons. The molecule has 0 aliphatic heterocycles. The molecule has 0 bridgehead atoms. The van der Waals surface area contributed by atoms with Crippen molar-refractivity contribution >= 4 is 0 Å². The van der Waals surface area contributed by atoms with Crippen LogP contribution >= 0.6 is 0 Å². The van der Waals surface area contributed by atoms with Crippen molar-refractivity contribution in [1.29, 1.82) is 0 Å². The van der Waals surface area contributed by atoms with Crippen LogP contribution in [0.5, 0.6) is 5.75 Å². The third kappa shape index (κ3) is 2.76. The van der Waals surface area contributed by atoms with Gasteiger partial charge in [-0.25, -0.2) is 4.39 Å². The van der Waals surface area contributed by atoms with E-state index in [1.807, 2.05) is 25.1 Å². The third-order valence-corrected chi connectivity index (χ3v) is 3.21. The zero-order valence-corrected chi connectivity index (χ0v) is 11.3. The maximum atomic E-state index is 13.1. The van der Waals surface area contributed by atoms with E-state index in [0.717, 1.165) is 11.1 Å². The van der Waals surface area contributed by atoms with Crippen molar-refractivity contribution in [1.82, 2.24) is 0 Å². The predicted molar refractivity (Wildman–Crippen MR) is 72.9 cm³/mol. The van der Waals surface area contributed by atoms with Gasteiger partial charge in [-0.3, -0.25) is 0 Å². The second-order valence-corrected chi connectivity index (χ2v) is 4.65. The summed E-state index contributed by atoms with van der Waals surface area (Å²) in [6.07, 6.45) is -0.824. The zero-order valence-electron chi connectivity index (χ0n) is 11.3. The summed E-state index contributed by atoms with van der Waals surface area (Å²) < 4.78 is 18.4. The Labute approximate surface area is 112 Å². The van der Waals surface area contributed by atoms with Gasteiger partial charge in [0.05, 0.1) is 7.11 Å². The molecule has 1 unspecified atom stereocenters. The second kappa shape index (κ2) is 5.41. The molecule has 0 heterocycles. The lowest BCUT2D eigenvalue weighted by Gasteiger charge is -2.17. The number of hydrogen-bond donors (Lipinski definition) is 1. The van der Waals surface area contributed by atoms with E-state index in [-0.39, 0.29) is 5.82 Å². The number of aliphatic hydroxyl groups is 1. The summed E-state index contributed by atoms with van der Waals surface area (Å²) in [4.78, 5) is 0. The predicted octanol–water partition coefficient (Wildman–Crippen LogP) is 3.53. The van der Waals surface area contributed by atoms with E-state index in [2.05, 4.69) is 0 Å². The molecule has 3 heteroatoms. The van der Waals surface area contributed by atoms with Gasteiger partial charge in [-0.1, -0.05) is 17.7 Å². The molecule has 1 atom stereocenters. The summed E-state index contributed by atoms with van der Waals surface area (Å²) in [6.45, 7) is 3.73. The van der Waals surface area contributed by atoms with Gasteiger partial charge >= 0.3 is 0 Å². The molecule has 0 saturated heterocycles. The number of benzene rings is 2. The number of hydrogen-bond acceptors (Lipinski definition) is 2. The van der Waals surface area contributed by atoms with Gasteiger partial charge in [-0.05, 0) is 49.2 Å². The Morgan fingerprint density at radius 1 is 1.05 bits per heavy atom. The fourth-order valence-electron chi connectivity index (χ4n) is 2.18. The van der Waals surface area contributed by atoms with Crippen LogP contribution in [0.4, 0.5) is 4.39 Å². The SMILES string of the molecule is COc1ccc(C)cc1C(O)c1ccc(F)cc1C. The highest BCUT2D eigenvalue weighted by atomic mass is 19.1. The van der Waals surface area contributed by atoms with Gasteiger partial charge in [0.1, 0.15) is 17.7 Å². The summed E-state index contributed by atoms with van der Waals surface area (Å²) >= 11 is 0. The number of aryl methyl sites for hydroxylation is 2. The van der Waals surface area contributed by atoms with E-state index in [1.165, 1.54) is 12.1 Å². The van der Waals surface area contributed by atoms with Gasteiger partial charge in [0.2, 0.25) is 0 Å². The van der Waals surface area contributed by atoms with E-state index < -0.39 is 6.10 Å². The maximum absolute atomic E-state index is 13.1. The van der Waals surface area contributed by atoms with Crippen molar-refractivity contribution in [2.75, 3.05) is 7.11 Å². The fourth-order valence-corrected chi connectivity index (χ4v) is 2.18. The molecule has 2 aromatic carbocycles. The molecule has 2 aromatic rings. The first-order valence-electron chi connectivity index (χ1n) is 6.11. The van der Waals surface area contributed by atoms with E-state index in [1.54, 1.807) is 20.1 Å². The van der Waals surface area contributed by atoms with Crippen molar-refractivity contribution in [2.24, 2.45) is 0 Å². The largest absolute Gasteiger partial charge is 0.496 e. The summed E-state index contributed by atoms with van der Waals surface area (Å²) in [6, 6.07) is 10.0. The lowest BCUT2D eigenvalue weighted by atomic mass is 9.95. The lowest BCUT2D eigenvalue weighted by molar-refractivity contribution is 0.214. The van der Waals surface area contributed by atoms with Crippen LogP contribution in [0.3, 0.4) is 0 Å². The summed E-state index contributed by atoms with van der Waals surface area (Å²) in [5.41, 5.74) is 3.13. The van der Waals surface area contributed by atoms with Crippen LogP contribution in [-0.4, -0.2) is 12.2 Å². The third-order valence-electron chi connectivity index (χ3n) is 3.21. The molecule has 0 radical (unpaired) electrons. The molecule has 0 spiro atoms. The number of halogens is 1.